The van der Waals surface area contributed by atoms with Crippen molar-refractivity contribution in [1.82, 2.24) is 5.43 Å². The van der Waals surface area contributed by atoms with Gasteiger partial charge in [0.05, 0.1) is 11.8 Å². The lowest BCUT2D eigenvalue weighted by atomic mass is 10.2. The van der Waals surface area contributed by atoms with Crippen molar-refractivity contribution >= 4 is 34.7 Å². The molecule has 0 atom stereocenters. The topological polar surface area (TPSA) is 74.8 Å². The number of aromatic hydroxyl groups is 1. The molecule has 2 aromatic rings. The molecule has 0 fully saturated rings. The standard InChI is InChI=1S/C12H9IN2O3/c13-11-6-5-8(18-11)7-14-15-12(17)9-3-1-2-4-10(9)16/h1-7,16H,(H,15,17)/b14-7+. The van der Waals surface area contributed by atoms with Crippen molar-refractivity contribution < 1.29 is 14.3 Å². The molecular formula is C12H9IN2O3. The number of hydrogen-bond acceptors (Lipinski definition) is 4. The maximum absolute atomic E-state index is 11.6. The molecule has 0 spiro atoms. The van der Waals surface area contributed by atoms with Gasteiger partial charge in [-0.2, -0.15) is 5.10 Å². The molecule has 92 valence electrons. The van der Waals surface area contributed by atoms with E-state index in [1.54, 1.807) is 24.3 Å². The number of phenols is 1. The van der Waals surface area contributed by atoms with Crippen molar-refractivity contribution in [3.05, 3.63) is 51.5 Å². The number of phenolic OH excluding ortho intramolecular Hbond substituents is 1. The average Bonchev–Trinajstić information content (AvgIpc) is 2.75. The molecular weight excluding hydrogens is 347 g/mol. The van der Waals surface area contributed by atoms with Crippen LogP contribution in [-0.4, -0.2) is 17.2 Å². The van der Waals surface area contributed by atoms with Crippen LogP contribution in [0.1, 0.15) is 16.1 Å². The highest BCUT2D eigenvalue weighted by molar-refractivity contribution is 14.1. The molecule has 0 saturated heterocycles. The smallest absolute Gasteiger partial charge is 0.275 e. The number of furan rings is 1. The second kappa shape index (κ2) is 5.67. The molecule has 0 unspecified atom stereocenters. The number of nitrogens with zero attached hydrogens (tertiary/aromatic N) is 1. The van der Waals surface area contributed by atoms with E-state index < -0.39 is 5.91 Å². The van der Waals surface area contributed by atoms with Gasteiger partial charge in [-0.3, -0.25) is 4.79 Å². The molecule has 1 aromatic heterocycles. The molecule has 0 aliphatic carbocycles. The first-order valence-corrected chi connectivity index (χ1v) is 6.11. The summed E-state index contributed by atoms with van der Waals surface area (Å²) in [6.45, 7) is 0. The zero-order valence-corrected chi connectivity index (χ0v) is 11.3. The number of carbonyl (C=O) groups is 1. The highest BCUT2D eigenvalue weighted by atomic mass is 127. The van der Waals surface area contributed by atoms with Gasteiger partial charge in [0.15, 0.2) is 3.77 Å². The second-order valence-corrected chi connectivity index (χ2v) is 4.42. The Labute approximate surface area is 117 Å². The highest BCUT2D eigenvalue weighted by Gasteiger charge is 2.08. The quantitative estimate of drug-likeness (QED) is 0.504. The Morgan fingerprint density at radius 1 is 1.33 bits per heavy atom. The fourth-order valence-corrected chi connectivity index (χ4v) is 1.71. The van der Waals surface area contributed by atoms with Gasteiger partial charge in [-0.1, -0.05) is 12.1 Å². The number of benzene rings is 1. The lowest BCUT2D eigenvalue weighted by molar-refractivity contribution is 0.0952. The van der Waals surface area contributed by atoms with Crippen LogP contribution >= 0.6 is 22.6 Å². The number of nitrogens with one attached hydrogen (secondary N) is 1. The molecule has 0 saturated carbocycles. The number of amides is 1. The summed E-state index contributed by atoms with van der Waals surface area (Å²) in [5.41, 5.74) is 2.48. The Kier molecular flexibility index (Phi) is 3.98. The molecule has 0 aliphatic rings. The van der Waals surface area contributed by atoms with Crippen LogP contribution in [0.2, 0.25) is 0 Å². The summed E-state index contributed by atoms with van der Waals surface area (Å²) in [6, 6.07) is 9.76. The van der Waals surface area contributed by atoms with Gasteiger partial charge in [-0.25, -0.2) is 5.43 Å². The SMILES string of the molecule is O=C(N/N=C/c1ccc(I)o1)c1ccccc1O. The largest absolute Gasteiger partial charge is 0.507 e. The van der Waals surface area contributed by atoms with Crippen molar-refractivity contribution in [2.45, 2.75) is 0 Å². The van der Waals surface area contributed by atoms with Gasteiger partial charge in [-0.05, 0) is 46.9 Å². The maximum atomic E-state index is 11.6. The van der Waals surface area contributed by atoms with Gasteiger partial charge in [0.25, 0.3) is 5.91 Å². The van der Waals surface area contributed by atoms with Crippen molar-refractivity contribution in [2.75, 3.05) is 0 Å². The minimum absolute atomic E-state index is 0.0854. The predicted molar refractivity (Wildman–Crippen MR) is 74.6 cm³/mol. The van der Waals surface area contributed by atoms with Crippen molar-refractivity contribution in [3.63, 3.8) is 0 Å². The molecule has 0 aliphatic heterocycles. The third kappa shape index (κ3) is 3.10. The normalized spacial score (nSPS) is 10.7. The Bertz CT molecular complexity index is 593. The highest BCUT2D eigenvalue weighted by Crippen LogP contribution is 2.14. The van der Waals surface area contributed by atoms with Gasteiger partial charge in [0.1, 0.15) is 11.5 Å². The Hall–Kier alpha value is -1.83. The van der Waals surface area contributed by atoms with Crippen LogP contribution in [0.5, 0.6) is 5.75 Å². The first kappa shape index (κ1) is 12.6. The summed E-state index contributed by atoms with van der Waals surface area (Å²) < 4.78 is 5.97. The third-order valence-electron chi connectivity index (χ3n) is 2.10. The van der Waals surface area contributed by atoms with Gasteiger partial charge in [0, 0.05) is 0 Å². The molecule has 0 radical (unpaired) electrons. The monoisotopic (exact) mass is 356 g/mol. The van der Waals surface area contributed by atoms with E-state index in [0.717, 1.165) is 3.77 Å². The molecule has 1 amide bonds. The first-order valence-electron chi connectivity index (χ1n) is 5.03. The molecule has 2 N–H and O–H groups in total. The molecule has 2 rings (SSSR count). The van der Waals surface area contributed by atoms with E-state index in [4.69, 9.17) is 4.42 Å². The van der Waals surface area contributed by atoms with E-state index in [1.165, 1.54) is 18.3 Å². The van der Waals surface area contributed by atoms with E-state index in [-0.39, 0.29) is 11.3 Å². The first-order chi connectivity index (χ1) is 8.66. The summed E-state index contributed by atoms with van der Waals surface area (Å²) in [5.74, 6) is -0.0275. The van der Waals surface area contributed by atoms with Gasteiger partial charge < -0.3 is 9.52 Å². The second-order valence-electron chi connectivity index (χ2n) is 3.36. The van der Waals surface area contributed by atoms with E-state index in [0.29, 0.717) is 5.76 Å². The molecule has 5 nitrogen and oxygen atoms in total. The van der Waals surface area contributed by atoms with E-state index >= 15 is 0 Å². The van der Waals surface area contributed by atoms with Crippen LogP contribution in [0.4, 0.5) is 0 Å². The summed E-state index contributed by atoms with van der Waals surface area (Å²) >= 11 is 2.03. The third-order valence-corrected chi connectivity index (χ3v) is 2.68. The number of hydrazone groups is 1. The molecule has 6 heteroatoms. The number of rotatable bonds is 3. The fraction of sp³-hybridized carbons (Fsp3) is 0. The minimum atomic E-state index is -0.481. The lowest BCUT2D eigenvalue weighted by Gasteiger charge is -2.01. The van der Waals surface area contributed by atoms with Crippen molar-refractivity contribution in [2.24, 2.45) is 5.10 Å². The molecule has 18 heavy (non-hydrogen) atoms. The summed E-state index contributed by atoms with van der Waals surface area (Å²) in [4.78, 5) is 11.6. The van der Waals surface area contributed by atoms with Crippen LogP contribution in [0.3, 0.4) is 0 Å². The van der Waals surface area contributed by atoms with Crippen molar-refractivity contribution in [3.8, 4) is 5.75 Å². The maximum Gasteiger partial charge on any atom is 0.275 e. The van der Waals surface area contributed by atoms with Gasteiger partial charge in [-0.15, -0.1) is 0 Å². The average molecular weight is 356 g/mol. The number of halogens is 1. The molecule has 1 heterocycles. The Morgan fingerprint density at radius 2 is 2.11 bits per heavy atom. The summed E-state index contributed by atoms with van der Waals surface area (Å²) in [5, 5.41) is 13.2. The van der Waals surface area contributed by atoms with Crippen LogP contribution in [0.15, 0.2) is 45.9 Å². The number of para-hydroxylation sites is 1. The van der Waals surface area contributed by atoms with E-state index in [1.807, 2.05) is 22.6 Å². The summed E-state index contributed by atoms with van der Waals surface area (Å²) in [6.07, 6.45) is 1.39. The van der Waals surface area contributed by atoms with E-state index in [2.05, 4.69) is 10.5 Å². The molecule has 1 aromatic carbocycles. The summed E-state index contributed by atoms with van der Waals surface area (Å²) in [7, 11) is 0. The zero-order valence-electron chi connectivity index (χ0n) is 9.13. The zero-order chi connectivity index (χ0) is 13.0. The predicted octanol–water partition coefficient (Wildman–Crippen LogP) is 2.35. The fourth-order valence-electron chi connectivity index (χ4n) is 1.28. The molecule has 0 bridgehead atoms. The van der Waals surface area contributed by atoms with Crippen molar-refractivity contribution in [1.29, 1.82) is 0 Å². The number of hydrogen-bond donors (Lipinski definition) is 2. The van der Waals surface area contributed by atoms with Gasteiger partial charge in [0.2, 0.25) is 0 Å². The Balaban J connectivity index is 2.01. The lowest BCUT2D eigenvalue weighted by Crippen LogP contribution is -2.17. The van der Waals surface area contributed by atoms with Gasteiger partial charge >= 0.3 is 0 Å². The van der Waals surface area contributed by atoms with Crippen LogP contribution in [0.25, 0.3) is 0 Å². The van der Waals surface area contributed by atoms with E-state index in [9.17, 15) is 9.90 Å². The van der Waals surface area contributed by atoms with Crippen LogP contribution in [0, 0.1) is 3.77 Å². The van der Waals surface area contributed by atoms with Crippen LogP contribution in [-0.2, 0) is 0 Å². The Morgan fingerprint density at radius 3 is 2.78 bits per heavy atom. The van der Waals surface area contributed by atoms with Crippen LogP contribution < -0.4 is 5.43 Å². The minimum Gasteiger partial charge on any atom is -0.507 e. The number of carbonyl (C=O) groups excluding carboxylic acids is 1.